The van der Waals surface area contributed by atoms with Crippen LogP contribution in [-0.4, -0.2) is 29.9 Å². The lowest BCUT2D eigenvalue weighted by molar-refractivity contribution is 0.0738. The molecule has 1 atom stereocenters. The van der Waals surface area contributed by atoms with Crippen LogP contribution in [0.4, 0.5) is 0 Å². The van der Waals surface area contributed by atoms with E-state index in [1.54, 1.807) is 30.3 Å². The number of carbonyl (C=O) groups is 1. The van der Waals surface area contributed by atoms with Crippen molar-refractivity contribution in [3.05, 3.63) is 59.8 Å². The second kappa shape index (κ2) is 6.19. The minimum Gasteiger partial charge on any atom is -0.480 e. The topological polar surface area (TPSA) is 42.4 Å². The summed E-state index contributed by atoms with van der Waals surface area (Å²) in [6.07, 6.45) is 1.61. The van der Waals surface area contributed by atoms with Crippen LogP contribution in [0, 0.1) is 0 Å². The van der Waals surface area contributed by atoms with E-state index in [9.17, 15) is 4.79 Å². The maximum atomic E-state index is 12.5. The Hall–Kier alpha value is -2.36. The molecule has 0 radical (unpaired) electrons. The van der Waals surface area contributed by atoms with Crippen molar-refractivity contribution in [3.63, 3.8) is 0 Å². The van der Waals surface area contributed by atoms with Gasteiger partial charge in [0.25, 0.3) is 5.91 Å². The van der Waals surface area contributed by atoms with E-state index in [4.69, 9.17) is 4.74 Å². The molecule has 0 aliphatic carbocycles. The van der Waals surface area contributed by atoms with Crippen LogP contribution < -0.4 is 4.74 Å². The van der Waals surface area contributed by atoms with E-state index in [0.29, 0.717) is 11.4 Å². The summed E-state index contributed by atoms with van der Waals surface area (Å²) in [6, 6.07) is 13.4. The second-order valence-electron chi connectivity index (χ2n) is 4.56. The first-order valence-corrected chi connectivity index (χ1v) is 6.46. The molecule has 1 amide bonds. The molecular weight excluding hydrogens is 252 g/mol. The van der Waals surface area contributed by atoms with Gasteiger partial charge in [-0.25, -0.2) is 4.98 Å². The predicted octanol–water partition coefficient (Wildman–Crippen LogP) is 2.92. The van der Waals surface area contributed by atoms with Crippen molar-refractivity contribution in [2.75, 3.05) is 14.2 Å². The molecule has 4 nitrogen and oxygen atoms in total. The van der Waals surface area contributed by atoms with Crippen molar-refractivity contribution in [3.8, 4) is 5.88 Å². The summed E-state index contributed by atoms with van der Waals surface area (Å²) in [5.41, 5.74) is 1.56. The average molecular weight is 270 g/mol. The summed E-state index contributed by atoms with van der Waals surface area (Å²) >= 11 is 0. The van der Waals surface area contributed by atoms with Crippen LogP contribution in [0.15, 0.2) is 48.7 Å². The lowest BCUT2D eigenvalue weighted by atomic mass is 10.1. The number of nitrogens with zero attached hydrogens (tertiary/aromatic N) is 2. The Labute approximate surface area is 119 Å². The molecule has 0 fully saturated rings. The molecule has 20 heavy (non-hydrogen) atoms. The Balaban J connectivity index is 2.24. The van der Waals surface area contributed by atoms with E-state index in [1.807, 2.05) is 37.3 Å². The Morgan fingerprint density at radius 2 is 1.90 bits per heavy atom. The number of amides is 1. The van der Waals surface area contributed by atoms with Crippen LogP contribution in [0.25, 0.3) is 0 Å². The van der Waals surface area contributed by atoms with Crippen LogP contribution in [0.5, 0.6) is 5.88 Å². The first kappa shape index (κ1) is 14.1. The highest BCUT2D eigenvalue weighted by Gasteiger charge is 2.21. The third-order valence-electron chi connectivity index (χ3n) is 3.38. The summed E-state index contributed by atoms with van der Waals surface area (Å²) < 4.78 is 5.14. The average Bonchev–Trinajstić information content (AvgIpc) is 2.53. The fraction of sp³-hybridized carbons (Fsp3) is 0.250. The monoisotopic (exact) mass is 270 g/mol. The van der Waals surface area contributed by atoms with Crippen molar-refractivity contribution < 1.29 is 9.53 Å². The SMILES string of the molecule is COc1ncccc1C(=O)N(C)C(C)c1ccccc1. The van der Waals surface area contributed by atoms with Gasteiger partial charge in [-0.15, -0.1) is 0 Å². The molecule has 0 N–H and O–H groups in total. The number of pyridine rings is 1. The van der Waals surface area contributed by atoms with Crippen LogP contribution in [0.1, 0.15) is 28.9 Å². The zero-order chi connectivity index (χ0) is 14.5. The van der Waals surface area contributed by atoms with E-state index < -0.39 is 0 Å². The lowest BCUT2D eigenvalue weighted by Gasteiger charge is -2.25. The van der Waals surface area contributed by atoms with Crippen LogP contribution >= 0.6 is 0 Å². The Bertz CT molecular complexity index is 584. The standard InChI is InChI=1S/C16H18N2O2/c1-12(13-8-5-4-6-9-13)18(2)16(19)14-10-7-11-17-15(14)20-3/h4-12H,1-3H3. The normalized spacial score (nSPS) is 11.8. The molecule has 4 heteroatoms. The molecule has 0 spiro atoms. The molecule has 1 aromatic heterocycles. The molecule has 0 saturated heterocycles. The molecule has 2 aromatic rings. The van der Waals surface area contributed by atoms with Gasteiger partial charge in [-0.2, -0.15) is 0 Å². The van der Waals surface area contributed by atoms with Gasteiger partial charge in [-0.3, -0.25) is 4.79 Å². The molecule has 2 rings (SSSR count). The zero-order valence-corrected chi connectivity index (χ0v) is 11.9. The lowest BCUT2D eigenvalue weighted by Crippen LogP contribution is -2.30. The van der Waals surface area contributed by atoms with E-state index >= 15 is 0 Å². The number of carbonyl (C=O) groups excluding carboxylic acids is 1. The number of ether oxygens (including phenoxy) is 1. The quantitative estimate of drug-likeness (QED) is 0.858. The number of rotatable bonds is 4. The van der Waals surface area contributed by atoms with Gasteiger partial charge in [0.05, 0.1) is 13.2 Å². The van der Waals surface area contributed by atoms with Gasteiger partial charge < -0.3 is 9.64 Å². The summed E-state index contributed by atoms with van der Waals surface area (Å²) in [5.74, 6) is 0.246. The first-order chi connectivity index (χ1) is 9.65. The van der Waals surface area contributed by atoms with E-state index in [1.165, 1.54) is 7.11 Å². The van der Waals surface area contributed by atoms with E-state index in [0.717, 1.165) is 5.56 Å². The van der Waals surface area contributed by atoms with Gasteiger partial charge in [-0.1, -0.05) is 30.3 Å². The number of hydrogen-bond donors (Lipinski definition) is 0. The number of benzene rings is 1. The van der Waals surface area contributed by atoms with Crippen molar-refractivity contribution in [2.24, 2.45) is 0 Å². The van der Waals surface area contributed by atoms with Crippen LogP contribution in [-0.2, 0) is 0 Å². The summed E-state index contributed by atoms with van der Waals surface area (Å²) in [7, 11) is 3.30. The number of methoxy groups -OCH3 is 1. The van der Waals surface area contributed by atoms with E-state index in [2.05, 4.69) is 4.98 Å². The zero-order valence-electron chi connectivity index (χ0n) is 11.9. The Morgan fingerprint density at radius 3 is 2.55 bits per heavy atom. The summed E-state index contributed by atoms with van der Waals surface area (Å²) in [4.78, 5) is 18.3. The Kier molecular flexibility index (Phi) is 4.35. The third-order valence-corrected chi connectivity index (χ3v) is 3.38. The fourth-order valence-corrected chi connectivity index (χ4v) is 2.04. The van der Waals surface area contributed by atoms with Crippen LogP contribution in [0.2, 0.25) is 0 Å². The largest absolute Gasteiger partial charge is 0.480 e. The molecule has 1 heterocycles. The summed E-state index contributed by atoms with van der Waals surface area (Å²) in [6.45, 7) is 2.00. The maximum absolute atomic E-state index is 12.5. The minimum absolute atomic E-state index is 0.0198. The maximum Gasteiger partial charge on any atom is 0.259 e. The number of hydrogen-bond acceptors (Lipinski definition) is 3. The van der Waals surface area contributed by atoms with Gasteiger partial charge in [-0.05, 0) is 24.6 Å². The molecular formula is C16H18N2O2. The highest BCUT2D eigenvalue weighted by atomic mass is 16.5. The van der Waals surface area contributed by atoms with Crippen molar-refractivity contribution in [1.29, 1.82) is 0 Å². The van der Waals surface area contributed by atoms with E-state index in [-0.39, 0.29) is 11.9 Å². The first-order valence-electron chi connectivity index (χ1n) is 6.46. The second-order valence-corrected chi connectivity index (χ2v) is 4.56. The highest BCUT2D eigenvalue weighted by Crippen LogP contribution is 2.23. The third kappa shape index (κ3) is 2.79. The van der Waals surface area contributed by atoms with Gasteiger partial charge in [0, 0.05) is 13.2 Å². The molecule has 1 aromatic carbocycles. The molecule has 0 bridgehead atoms. The molecule has 104 valence electrons. The summed E-state index contributed by atoms with van der Waals surface area (Å²) in [5, 5.41) is 0. The number of aromatic nitrogens is 1. The molecule has 0 saturated carbocycles. The predicted molar refractivity (Wildman–Crippen MR) is 77.7 cm³/mol. The Morgan fingerprint density at radius 1 is 1.20 bits per heavy atom. The van der Waals surface area contributed by atoms with Gasteiger partial charge in [0.1, 0.15) is 5.56 Å². The molecule has 1 unspecified atom stereocenters. The minimum atomic E-state index is -0.105. The fourth-order valence-electron chi connectivity index (χ4n) is 2.04. The van der Waals surface area contributed by atoms with Crippen LogP contribution in [0.3, 0.4) is 0 Å². The van der Waals surface area contributed by atoms with Crippen molar-refractivity contribution in [2.45, 2.75) is 13.0 Å². The van der Waals surface area contributed by atoms with Crippen molar-refractivity contribution >= 4 is 5.91 Å². The van der Waals surface area contributed by atoms with Gasteiger partial charge in [0.15, 0.2) is 0 Å². The molecule has 0 aliphatic heterocycles. The molecule has 0 aliphatic rings. The van der Waals surface area contributed by atoms with Crippen molar-refractivity contribution in [1.82, 2.24) is 9.88 Å². The van der Waals surface area contributed by atoms with Gasteiger partial charge in [0.2, 0.25) is 5.88 Å². The van der Waals surface area contributed by atoms with Gasteiger partial charge >= 0.3 is 0 Å². The highest BCUT2D eigenvalue weighted by molar-refractivity contribution is 5.96. The smallest absolute Gasteiger partial charge is 0.259 e.